The van der Waals surface area contributed by atoms with Gasteiger partial charge in [-0.3, -0.25) is 10.3 Å². The van der Waals surface area contributed by atoms with Crippen molar-refractivity contribution in [1.82, 2.24) is 16.0 Å². The van der Waals surface area contributed by atoms with Gasteiger partial charge in [0, 0.05) is 12.6 Å². The highest BCUT2D eigenvalue weighted by Crippen LogP contribution is 2.10. The predicted molar refractivity (Wildman–Crippen MR) is 109 cm³/mol. The molecule has 164 valence electrons. The molecule has 30 heavy (non-hydrogen) atoms. The molecule has 10 nitrogen and oxygen atoms in total. The van der Waals surface area contributed by atoms with Gasteiger partial charge in [0.2, 0.25) is 5.96 Å². The Morgan fingerprint density at radius 2 is 1.93 bits per heavy atom. The highest BCUT2D eigenvalue weighted by atomic mass is 16.6. The van der Waals surface area contributed by atoms with E-state index in [1.54, 1.807) is 20.8 Å². The molecule has 1 aliphatic heterocycles. The van der Waals surface area contributed by atoms with Gasteiger partial charge in [0.1, 0.15) is 18.2 Å². The van der Waals surface area contributed by atoms with E-state index in [1.165, 1.54) is 0 Å². The van der Waals surface area contributed by atoms with Crippen molar-refractivity contribution < 1.29 is 29.0 Å². The maximum Gasteiger partial charge on any atom is 0.414 e. The highest BCUT2D eigenvalue weighted by molar-refractivity contribution is 5.94. The van der Waals surface area contributed by atoms with Crippen molar-refractivity contribution in [2.45, 2.75) is 57.9 Å². The summed E-state index contributed by atoms with van der Waals surface area (Å²) in [4.78, 5) is 39.6. The number of aliphatic imine (C=N–C) groups is 1. The molecule has 0 radical (unpaired) electrons. The summed E-state index contributed by atoms with van der Waals surface area (Å²) in [5.41, 5.74) is 0.113. The Kier molecular flexibility index (Phi) is 8.02. The summed E-state index contributed by atoms with van der Waals surface area (Å²) in [5.74, 6) is -0.979. The minimum absolute atomic E-state index is 0.0916. The number of aliphatic carboxylic acids is 1. The van der Waals surface area contributed by atoms with E-state index >= 15 is 0 Å². The van der Waals surface area contributed by atoms with Gasteiger partial charge >= 0.3 is 18.2 Å². The number of alkyl carbamates (subject to hydrolysis) is 2. The standard InChI is InChI=1S/C20H28N4O6/c1-20(2,3)30-19(28)23-15(16(25)26)11-14-9-10-21-17(22-14)24-18(27)29-12-13-7-5-4-6-8-13/h4-8,14-15H,9-12H2,1-3H3,(H,23,28)(H,25,26)(H2,21,22,24,27)/t14-,15+/m1/s1. The third-order valence-corrected chi connectivity index (χ3v) is 4.03. The van der Waals surface area contributed by atoms with Crippen LogP contribution in [0.3, 0.4) is 0 Å². The Balaban J connectivity index is 1.83. The summed E-state index contributed by atoms with van der Waals surface area (Å²) in [6.45, 7) is 5.58. The molecule has 0 saturated heterocycles. The third kappa shape index (κ3) is 8.38. The van der Waals surface area contributed by atoms with Gasteiger partial charge in [-0.1, -0.05) is 30.3 Å². The Morgan fingerprint density at radius 1 is 1.23 bits per heavy atom. The van der Waals surface area contributed by atoms with Crippen molar-refractivity contribution in [3.63, 3.8) is 0 Å². The number of carbonyl (C=O) groups excluding carboxylic acids is 2. The zero-order valence-electron chi connectivity index (χ0n) is 17.3. The number of rotatable bonds is 6. The van der Waals surface area contributed by atoms with E-state index in [9.17, 15) is 19.5 Å². The molecule has 0 fully saturated rings. The number of carbonyl (C=O) groups is 3. The average Bonchev–Trinajstić information content (AvgIpc) is 2.65. The van der Waals surface area contributed by atoms with E-state index < -0.39 is 29.8 Å². The molecule has 1 aliphatic rings. The predicted octanol–water partition coefficient (Wildman–Crippen LogP) is 2.00. The quantitative estimate of drug-likeness (QED) is 0.552. The van der Waals surface area contributed by atoms with Gasteiger partial charge in [0.15, 0.2) is 0 Å². The molecule has 4 N–H and O–H groups in total. The lowest BCUT2D eigenvalue weighted by atomic mass is 10.0. The summed E-state index contributed by atoms with van der Waals surface area (Å²) < 4.78 is 10.3. The minimum atomic E-state index is -1.18. The molecule has 1 aromatic carbocycles. The van der Waals surface area contributed by atoms with Crippen molar-refractivity contribution in [2.24, 2.45) is 4.99 Å². The first-order valence-electron chi connectivity index (χ1n) is 9.63. The van der Waals surface area contributed by atoms with Crippen molar-refractivity contribution in [2.75, 3.05) is 6.54 Å². The van der Waals surface area contributed by atoms with Gasteiger partial charge < -0.3 is 25.2 Å². The first kappa shape index (κ1) is 23.0. The first-order valence-corrected chi connectivity index (χ1v) is 9.63. The van der Waals surface area contributed by atoms with Gasteiger partial charge in [-0.05, 0) is 39.2 Å². The Hall–Kier alpha value is -3.30. The van der Waals surface area contributed by atoms with Gasteiger partial charge in [-0.25, -0.2) is 14.4 Å². The number of ether oxygens (including phenoxy) is 2. The van der Waals surface area contributed by atoms with Crippen LogP contribution in [-0.4, -0.2) is 53.5 Å². The molecule has 0 saturated carbocycles. The molecular formula is C20H28N4O6. The molecule has 0 aliphatic carbocycles. The van der Waals surface area contributed by atoms with Crippen LogP contribution in [0.1, 0.15) is 39.2 Å². The largest absolute Gasteiger partial charge is 0.480 e. The summed E-state index contributed by atoms with van der Waals surface area (Å²) in [6.07, 6.45) is -0.840. The van der Waals surface area contributed by atoms with Crippen molar-refractivity contribution in [1.29, 1.82) is 0 Å². The zero-order chi connectivity index (χ0) is 22.1. The molecule has 1 heterocycles. The van der Waals surface area contributed by atoms with Crippen LogP contribution < -0.4 is 16.0 Å². The van der Waals surface area contributed by atoms with E-state index in [-0.39, 0.29) is 25.0 Å². The average molecular weight is 420 g/mol. The normalized spacial score (nSPS) is 17.0. The van der Waals surface area contributed by atoms with Crippen LogP contribution in [0.25, 0.3) is 0 Å². The fourth-order valence-corrected chi connectivity index (χ4v) is 2.71. The number of carboxylic acids is 1. The second kappa shape index (κ2) is 10.5. The van der Waals surface area contributed by atoms with Gasteiger partial charge in [-0.2, -0.15) is 0 Å². The molecule has 0 unspecified atom stereocenters. The molecule has 2 amide bonds. The van der Waals surface area contributed by atoms with E-state index in [0.29, 0.717) is 13.0 Å². The van der Waals surface area contributed by atoms with Crippen molar-refractivity contribution in [3.8, 4) is 0 Å². The highest BCUT2D eigenvalue weighted by Gasteiger charge is 2.28. The minimum Gasteiger partial charge on any atom is -0.480 e. The monoisotopic (exact) mass is 420 g/mol. The van der Waals surface area contributed by atoms with Crippen LogP contribution in [0.5, 0.6) is 0 Å². The molecule has 0 aromatic heterocycles. The third-order valence-electron chi connectivity index (χ3n) is 4.03. The fraction of sp³-hybridized carbons (Fsp3) is 0.500. The maximum atomic E-state index is 12.0. The Labute approximate surface area is 175 Å². The fourth-order valence-electron chi connectivity index (χ4n) is 2.71. The maximum absolute atomic E-state index is 12.0. The van der Waals surface area contributed by atoms with Crippen LogP contribution in [0.15, 0.2) is 35.3 Å². The summed E-state index contributed by atoms with van der Waals surface area (Å²) in [6, 6.07) is 7.76. The molecule has 2 rings (SSSR count). The topological polar surface area (TPSA) is 138 Å². The smallest absolute Gasteiger partial charge is 0.414 e. The molecule has 1 aromatic rings. The second-order valence-corrected chi connectivity index (χ2v) is 7.82. The van der Waals surface area contributed by atoms with Crippen molar-refractivity contribution >= 4 is 24.1 Å². The lowest BCUT2D eigenvalue weighted by Gasteiger charge is -2.28. The van der Waals surface area contributed by atoms with Crippen LogP contribution in [0, 0.1) is 0 Å². The number of carboxylic acid groups (broad SMARTS) is 1. The SMILES string of the molecule is CC(C)(C)OC(=O)N[C@@H](C[C@H]1CCN=C(NC(=O)OCc2ccccc2)N1)C(=O)O. The van der Waals surface area contributed by atoms with Gasteiger partial charge in [-0.15, -0.1) is 0 Å². The summed E-state index contributed by atoms with van der Waals surface area (Å²) in [5, 5.41) is 17.3. The van der Waals surface area contributed by atoms with Gasteiger partial charge in [0.05, 0.1) is 0 Å². The lowest BCUT2D eigenvalue weighted by Crippen LogP contribution is -2.52. The summed E-state index contributed by atoms with van der Waals surface area (Å²) >= 11 is 0. The van der Waals surface area contributed by atoms with Crippen LogP contribution >= 0.6 is 0 Å². The molecule has 10 heteroatoms. The number of nitrogens with zero attached hydrogens (tertiary/aromatic N) is 1. The van der Waals surface area contributed by atoms with E-state index in [0.717, 1.165) is 5.56 Å². The molecular weight excluding hydrogens is 392 g/mol. The lowest BCUT2D eigenvalue weighted by molar-refractivity contribution is -0.139. The van der Waals surface area contributed by atoms with Crippen molar-refractivity contribution in [3.05, 3.63) is 35.9 Å². The van der Waals surface area contributed by atoms with Crippen LogP contribution in [0.2, 0.25) is 0 Å². The van der Waals surface area contributed by atoms with E-state index in [2.05, 4.69) is 20.9 Å². The zero-order valence-corrected chi connectivity index (χ0v) is 17.3. The number of guanidine groups is 1. The van der Waals surface area contributed by atoms with E-state index in [1.807, 2.05) is 30.3 Å². The molecule has 0 spiro atoms. The first-order chi connectivity index (χ1) is 14.1. The van der Waals surface area contributed by atoms with Gasteiger partial charge in [0.25, 0.3) is 0 Å². The Morgan fingerprint density at radius 3 is 2.57 bits per heavy atom. The van der Waals surface area contributed by atoms with Crippen LogP contribution in [0.4, 0.5) is 9.59 Å². The number of hydrogen-bond donors (Lipinski definition) is 4. The molecule has 2 atom stereocenters. The van der Waals surface area contributed by atoms with Crippen LogP contribution in [-0.2, 0) is 20.9 Å². The molecule has 0 bridgehead atoms. The second-order valence-electron chi connectivity index (χ2n) is 7.82. The number of nitrogens with one attached hydrogen (secondary N) is 3. The number of hydrogen-bond acceptors (Lipinski definition) is 7. The summed E-state index contributed by atoms with van der Waals surface area (Å²) in [7, 11) is 0. The Bertz CT molecular complexity index is 775. The number of amides is 2. The van der Waals surface area contributed by atoms with E-state index in [4.69, 9.17) is 9.47 Å². The number of benzene rings is 1.